The van der Waals surface area contributed by atoms with E-state index in [2.05, 4.69) is 19.1 Å². The van der Waals surface area contributed by atoms with Crippen molar-refractivity contribution in [1.29, 1.82) is 0 Å². The van der Waals surface area contributed by atoms with Crippen LogP contribution in [0.3, 0.4) is 0 Å². The van der Waals surface area contributed by atoms with E-state index in [1.165, 1.54) is 5.56 Å². The topological polar surface area (TPSA) is 57.6 Å². The van der Waals surface area contributed by atoms with Gasteiger partial charge >= 0.3 is 5.97 Å². The Kier molecular flexibility index (Phi) is 3.70. The van der Waals surface area contributed by atoms with Crippen LogP contribution in [-0.2, 0) is 9.59 Å². The van der Waals surface area contributed by atoms with Crippen molar-refractivity contribution in [2.45, 2.75) is 32.2 Å². The molecule has 0 spiro atoms. The zero-order chi connectivity index (χ0) is 15.0. The molecule has 112 valence electrons. The van der Waals surface area contributed by atoms with Crippen LogP contribution in [-0.4, -0.2) is 28.4 Å². The smallest absolute Gasteiger partial charge is 0.306 e. The number of carbonyl (C=O) groups excluding carboxylic acids is 1. The average Bonchev–Trinajstić information content (AvgIpc) is 2.95. The van der Waals surface area contributed by atoms with E-state index in [1.807, 2.05) is 23.1 Å². The quantitative estimate of drug-likeness (QED) is 0.930. The molecule has 1 heterocycles. The van der Waals surface area contributed by atoms with Crippen molar-refractivity contribution in [1.82, 2.24) is 4.90 Å². The van der Waals surface area contributed by atoms with Gasteiger partial charge in [-0.3, -0.25) is 9.59 Å². The molecule has 3 rings (SSSR count). The third-order valence-corrected chi connectivity index (χ3v) is 4.91. The van der Waals surface area contributed by atoms with E-state index < -0.39 is 5.97 Å². The Labute approximate surface area is 124 Å². The first-order chi connectivity index (χ1) is 10.1. The van der Waals surface area contributed by atoms with E-state index >= 15 is 0 Å². The summed E-state index contributed by atoms with van der Waals surface area (Å²) in [5, 5.41) is 9.07. The fourth-order valence-electron chi connectivity index (χ4n) is 3.74. The summed E-state index contributed by atoms with van der Waals surface area (Å²) in [6.07, 6.45) is 1.84. The molecule has 1 aliphatic carbocycles. The maximum absolute atomic E-state index is 12.7. The number of carbonyl (C=O) groups is 2. The highest BCUT2D eigenvalue weighted by Crippen LogP contribution is 2.42. The molecule has 21 heavy (non-hydrogen) atoms. The van der Waals surface area contributed by atoms with Gasteiger partial charge in [0.15, 0.2) is 0 Å². The Bertz CT molecular complexity index is 542. The molecule has 4 atom stereocenters. The first kappa shape index (κ1) is 14.1. The van der Waals surface area contributed by atoms with Crippen LogP contribution in [0.2, 0.25) is 0 Å². The van der Waals surface area contributed by atoms with Gasteiger partial charge in [-0.25, -0.2) is 0 Å². The molecule has 0 bridgehead atoms. The lowest BCUT2D eigenvalue weighted by molar-refractivity contribution is -0.148. The molecule has 1 aliphatic heterocycles. The number of nitrogens with zero attached hydrogens (tertiary/aromatic N) is 1. The van der Waals surface area contributed by atoms with Gasteiger partial charge in [0.25, 0.3) is 0 Å². The summed E-state index contributed by atoms with van der Waals surface area (Å²) in [4.78, 5) is 25.6. The molecule has 2 aliphatic rings. The fourth-order valence-corrected chi connectivity index (χ4v) is 3.74. The predicted octanol–water partition coefficient (Wildman–Crippen LogP) is 2.71. The van der Waals surface area contributed by atoms with E-state index in [1.54, 1.807) is 0 Å². The highest BCUT2D eigenvalue weighted by molar-refractivity contribution is 5.82. The third kappa shape index (κ3) is 2.55. The van der Waals surface area contributed by atoms with Gasteiger partial charge in [-0.2, -0.15) is 0 Å². The molecule has 0 aromatic heterocycles. The Morgan fingerprint density at radius 3 is 2.38 bits per heavy atom. The van der Waals surface area contributed by atoms with Gasteiger partial charge in [0.05, 0.1) is 12.0 Å². The van der Waals surface area contributed by atoms with Crippen molar-refractivity contribution in [2.75, 3.05) is 6.54 Å². The molecule has 1 aromatic carbocycles. The van der Waals surface area contributed by atoms with Gasteiger partial charge in [-0.05, 0) is 30.7 Å². The number of likely N-dealkylation sites (tertiary alicyclic amines) is 1. The van der Waals surface area contributed by atoms with E-state index in [0.717, 1.165) is 6.54 Å². The van der Waals surface area contributed by atoms with Gasteiger partial charge < -0.3 is 10.0 Å². The lowest BCUT2D eigenvalue weighted by Crippen LogP contribution is -2.53. The van der Waals surface area contributed by atoms with E-state index in [0.29, 0.717) is 25.2 Å². The van der Waals surface area contributed by atoms with Crippen molar-refractivity contribution in [3.05, 3.63) is 35.9 Å². The Hall–Kier alpha value is -1.84. The Morgan fingerprint density at radius 2 is 1.81 bits per heavy atom. The van der Waals surface area contributed by atoms with Crippen molar-refractivity contribution in [3.8, 4) is 0 Å². The number of aliphatic carboxylic acids is 1. The molecule has 1 aromatic rings. The molecule has 0 radical (unpaired) electrons. The van der Waals surface area contributed by atoms with Crippen molar-refractivity contribution < 1.29 is 14.7 Å². The van der Waals surface area contributed by atoms with Gasteiger partial charge in [0, 0.05) is 12.5 Å². The molecule has 4 heteroatoms. The number of hydrogen-bond acceptors (Lipinski definition) is 2. The monoisotopic (exact) mass is 287 g/mol. The summed E-state index contributed by atoms with van der Waals surface area (Å²) < 4.78 is 0. The molecular weight excluding hydrogens is 266 g/mol. The maximum Gasteiger partial charge on any atom is 0.306 e. The minimum Gasteiger partial charge on any atom is -0.481 e. The minimum atomic E-state index is -0.762. The number of rotatable bonds is 3. The van der Waals surface area contributed by atoms with E-state index in [9.17, 15) is 9.59 Å². The second-order valence-electron chi connectivity index (χ2n) is 6.37. The predicted molar refractivity (Wildman–Crippen MR) is 78.5 cm³/mol. The second kappa shape index (κ2) is 5.51. The van der Waals surface area contributed by atoms with Gasteiger partial charge in [-0.15, -0.1) is 0 Å². The molecule has 1 saturated heterocycles. The van der Waals surface area contributed by atoms with Crippen LogP contribution in [0.25, 0.3) is 0 Å². The van der Waals surface area contributed by atoms with Crippen molar-refractivity contribution >= 4 is 11.9 Å². The van der Waals surface area contributed by atoms with E-state index in [-0.39, 0.29) is 23.8 Å². The zero-order valence-corrected chi connectivity index (χ0v) is 12.2. The van der Waals surface area contributed by atoms with Crippen LogP contribution in [0.1, 0.15) is 37.8 Å². The van der Waals surface area contributed by atoms with Crippen molar-refractivity contribution in [3.63, 3.8) is 0 Å². The van der Waals surface area contributed by atoms with Crippen LogP contribution in [0, 0.1) is 17.8 Å². The lowest BCUT2D eigenvalue weighted by atomic mass is 9.83. The van der Waals surface area contributed by atoms with Gasteiger partial charge in [0.1, 0.15) is 0 Å². The van der Waals surface area contributed by atoms with Crippen molar-refractivity contribution in [2.24, 2.45) is 17.8 Å². The summed E-state index contributed by atoms with van der Waals surface area (Å²) in [5.74, 6) is -0.599. The summed E-state index contributed by atoms with van der Waals surface area (Å²) in [6, 6.07) is 10.3. The average molecular weight is 287 g/mol. The number of amides is 1. The van der Waals surface area contributed by atoms with Gasteiger partial charge in [0.2, 0.25) is 5.91 Å². The third-order valence-electron chi connectivity index (χ3n) is 4.91. The minimum absolute atomic E-state index is 0.107. The molecule has 2 fully saturated rings. The van der Waals surface area contributed by atoms with Crippen LogP contribution >= 0.6 is 0 Å². The SMILES string of the molecule is CC1CN(C(=O)[C@@H]2CC[C@H](C(=O)O)C2)C1c1ccccc1. The lowest BCUT2D eigenvalue weighted by Gasteiger charge is -2.48. The highest BCUT2D eigenvalue weighted by atomic mass is 16.4. The normalized spacial score (nSPS) is 31.8. The molecule has 2 unspecified atom stereocenters. The number of benzene rings is 1. The Balaban J connectivity index is 1.70. The fraction of sp³-hybridized carbons (Fsp3) is 0.529. The summed E-state index contributed by atoms with van der Waals surface area (Å²) in [5.41, 5.74) is 1.18. The number of carboxylic acids is 1. The van der Waals surface area contributed by atoms with Crippen LogP contribution in [0.15, 0.2) is 30.3 Å². The molecule has 1 saturated carbocycles. The number of hydrogen-bond donors (Lipinski definition) is 1. The zero-order valence-electron chi connectivity index (χ0n) is 12.2. The van der Waals surface area contributed by atoms with Crippen LogP contribution in [0.5, 0.6) is 0 Å². The molecule has 4 nitrogen and oxygen atoms in total. The first-order valence-corrected chi connectivity index (χ1v) is 7.66. The van der Waals surface area contributed by atoms with Crippen LogP contribution < -0.4 is 0 Å². The molecular formula is C17H21NO3. The summed E-state index contributed by atoms with van der Waals surface area (Å²) in [7, 11) is 0. The molecule has 1 N–H and O–H groups in total. The van der Waals surface area contributed by atoms with Crippen LogP contribution in [0.4, 0.5) is 0 Å². The Morgan fingerprint density at radius 1 is 1.14 bits per heavy atom. The maximum atomic E-state index is 12.7. The first-order valence-electron chi connectivity index (χ1n) is 7.66. The van der Waals surface area contributed by atoms with E-state index in [4.69, 9.17) is 5.11 Å². The second-order valence-corrected chi connectivity index (χ2v) is 6.37. The summed E-state index contributed by atoms with van der Waals surface area (Å²) in [6.45, 7) is 2.95. The number of carboxylic acid groups (broad SMARTS) is 1. The standard InChI is InChI=1S/C17H21NO3/c1-11-10-18(15(11)12-5-3-2-4-6-12)16(19)13-7-8-14(9-13)17(20)21/h2-6,11,13-15H,7-10H2,1H3,(H,20,21)/t11?,13-,14+,15?/m1/s1. The largest absolute Gasteiger partial charge is 0.481 e. The highest BCUT2D eigenvalue weighted by Gasteiger charge is 2.44. The molecule has 1 amide bonds. The summed E-state index contributed by atoms with van der Waals surface area (Å²) >= 11 is 0. The van der Waals surface area contributed by atoms with Gasteiger partial charge in [-0.1, -0.05) is 37.3 Å².